The number of hydrogen-bond acceptors (Lipinski definition) is 4. The molecule has 0 aliphatic heterocycles. The topological polar surface area (TPSA) is 59.3 Å². The minimum Gasteiger partial charge on any atom is -0.472 e. The van der Waals surface area contributed by atoms with Crippen LogP contribution in [0.1, 0.15) is 58.1 Å². The molecule has 1 fully saturated rings. The minimum atomic E-state index is -2.97. The van der Waals surface area contributed by atoms with Crippen molar-refractivity contribution in [2.75, 3.05) is 12.3 Å². The van der Waals surface area contributed by atoms with Crippen molar-refractivity contribution >= 4 is 9.84 Å². The van der Waals surface area contributed by atoms with Crippen LogP contribution in [0.25, 0.3) is 0 Å². The largest absolute Gasteiger partial charge is 0.472 e. The Kier molecular flexibility index (Phi) is 5.15. The third kappa shape index (κ3) is 3.89. The molecule has 1 aromatic rings. The number of rotatable bonds is 9. The molecule has 1 atom stereocenters. The maximum atomic E-state index is 12.2. The van der Waals surface area contributed by atoms with Crippen LogP contribution in [-0.2, 0) is 9.84 Å². The van der Waals surface area contributed by atoms with Gasteiger partial charge >= 0.3 is 0 Å². The molecule has 0 radical (unpaired) electrons. The lowest BCUT2D eigenvalue weighted by Gasteiger charge is -2.22. The first kappa shape index (κ1) is 16.6. The first-order valence-corrected chi connectivity index (χ1v) is 9.53. The lowest BCUT2D eigenvalue weighted by molar-refractivity contribution is 0.430. The summed E-state index contributed by atoms with van der Waals surface area (Å²) in [5, 5.41) is 3.48. The molecular formula is C16H27NO3S. The van der Waals surface area contributed by atoms with Gasteiger partial charge in [0.05, 0.1) is 17.3 Å². The van der Waals surface area contributed by atoms with Gasteiger partial charge in [-0.15, -0.1) is 0 Å². The lowest BCUT2D eigenvalue weighted by atomic mass is 9.99. The Morgan fingerprint density at radius 1 is 1.33 bits per heavy atom. The van der Waals surface area contributed by atoms with Crippen LogP contribution in [0.4, 0.5) is 0 Å². The van der Waals surface area contributed by atoms with E-state index in [9.17, 15) is 8.42 Å². The first-order valence-electron chi connectivity index (χ1n) is 7.88. The first-order chi connectivity index (χ1) is 9.90. The van der Waals surface area contributed by atoms with Crippen LogP contribution in [0.15, 0.2) is 23.0 Å². The Morgan fingerprint density at radius 2 is 2.05 bits per heavy atom. The van der Waals surface area contributed by atoms with Crippen molar-refractivity contribution in [3.63, 3.8) is 0 Å². The molecule has 21 heavy (non-hydrogen) atoms. The van der Waals surface area contributed by atoms with Gasteiger partial charge in [-0.1, -0.05) is 20.8 Å². The van der Waals surface area contributed by atoms with Gasteiger partial charge in [-0.3, -0.25) is 0 Å². The molecule has 1 aliphatic carbocycles. The third-order valence-electron chi connectivity index (χ3n) is 4.50. The number of sulfone groups is 1. The van der Waals surface area contributed by atoms with E-state index < -0.39 is 14.6 Å². The van der Waals surface area contributed by atoms with Gasteiger partial charge in [-0.2, -0.15) is 0 Å². The number of furan rings is 1. The SMILES string of the molecule is CCS(=O)(=O)C1(CNC(CCC(C)C)c2ccoc2)CC1. The zero-order valence-electron chi connectivity index (χ0n) is 13.3. The molecule has 1 N–H and O–H groups in total. The van der Waals surface area contributed by atoms with Gasteiger partial charge in [0.25, 0.3) is 0 Å². The Bertz CT molecular complexity index is 530. The van der Waals surface area contributed by atoms with Crippen LogP contribution in [-0.4, -0.2) is 25.5 Å². The Morgan fingerprint density at radius 3 is 2.52 bits per heavy atom. The fourth-order valence-corrected chi connectivity index (χ4v) is 4.35. The summed E-state index contributed by atoms with van der Waals surface area (Å²) in [4.78, 5) is 0. The highest BCUT2D eigenvalue weighted by Gasteiger charge is 2.53. The predicted octanol–water partition coefficient (Wildman–Crippen LogP) is 3.31. The fraction of sp³-hybridized carbons (Fsp3) is 0.750. The summed E-state index contributed by atoms with van der Waals surface area (Å²) >= 11 is 0. The summed E-state index contributed by atoms with van der Waals surface area (Å²) in [7, 11) is -2.97. The summed E-state index contributed by atoms with van der Waals surface area (Å²) in [5.41, 5.74) is 1.11. The molecule has 1 saturated carbocycles. The van der Waals surface area contributed by atoms with Crippen molar-refractivity contribution in [3.05, 3.63) is 24.2 Å². The molecule has 1 aromatic heterocycles. The minimum absolute atomic E-state index is 0.177. The number of nitrogens with one attached hydrogen (secondary N) is 1. The van der Waals surface area contributed by atoms with Gasteiger partial charge in [-0.05, 0) is 37.7 Å². The van der Waals surface area contributed by atoms with Crippen LogP contribution >= 0.6 is 0 Å². The Hall–Kier alpha value is -0.810. The second-order valence-electron chi connectivity index (χ2n) is 6.55. The van der Waals surface area contributed by atoms with E-state index in [-0.39, 0.29) is 11.8 Å². The molecule has 2 rings (SSSR count). The predicted molar refractivity (Wildman–Crippen MR) is 84.9 cm³/mol. The molecule has 0 amide bonds. The summed E-state index contributed by atoms with van der Waals surface area (Å²) in [5.74, 6) is 0.868. The van der Waals surface area contributed by atoms with Crippen molar-refractivity contribution in [3.8, 4) is 0 Å². The van der Waals surface area contributed by atoms with E-state index >= 15 is 0 Å². The highest BCUT2D eigenvalue weighted by atomic mass is 32.2. The van der Waals surface area contributed by atoms with Crippen LogP contribution in [0.2, 0.25) is 0 Å². The van der Waals surface area contributed by atoms with Crippen molar-refractivity contribution in [2.45, 2.75) is 57.2 Å². The van der Waals surface area contributed by atoms with E-state index in [0.29, 0.717) is 12.5 Å². The molecule has 0 spiro atoms. The van der Waals surface area contributed by atoms with Crippen LogP contribution in [0.3, 0.4) is 0 Å². The maximum absolute atomic E-state index is 12.2. The van der Waals surface area contributed by atoms with Gasteiger partial charge in [0.2, 0.25) is 0 Å². The molecule has 5 heteroatoms. The van der Waals surface area contributed by atoms with E-state index in [2.05, 4.69) is 19.2 Å². The zero-order valence-corrected chi connectivity index (χ0v) is 14.1. The van der Waals surface area contributed by atoms with Crippen molar-refractivity contribution < 1.29 is 12.8 Å². The van der Waals surface area contributed by atoms with Gasteiger partial charge < -0.3 is 9.73 Å². The van der Waals surface area contributed by atoms with E-state index in [0.717, 1.165) is 31.2 Å². The average molecular weight is 313 g/mol. The fourth-order valence-electron chi connectivity index (χ4n) is 2.71. The van der Waals surface area contributed by atoms with E-state index in [4.69, 9.17) is 4.42 Å². The standard InChI is InChI=1S/C16H27NO3S/c1-4-21(18,19)16(8-9-16)12-17-15(6-5-13(2)3)14-7-10-20-11-14/h7,10-11,13,15,17H,4-6,8-9,12H2,1-3H3. The summed E-state index contributed by atoms with van der Waals surface area (Å²) in [6.45, 7) is 6.70. The van der Waals surface area contributed by atoms with Crippen LogP contribution in [0.5, 0.6) is 0 Å². The summed E-state index contributed by atoms with van der Waals surface area (Å²) in [6, 6.07) is 2.14. The lowest BCUT2D eigenvalue weighted by Crippen LogP contribution is -2.38. The highest BCUT2D eigenvalue weighted by molar-refractivity contribution is 7.93. The molecule has 120 valence electrons. The monoisotopic (exact) mass is 313 g/mol. The van der Waals surface area contributed by atoms with Gasteiger partial charge in [0.1, 0.15) is 0 Å². The van der Waals surface area contributed by atoms with Gasteiger partial charge in [0.15, 0.2) is 9.84 Å². The molecule has 1 aliphatic rings. The van der Waals surface area contributed by atoms with Crippen molar-refractivity contribution in [2.24, 2.45) is 5.92 Å². The molecular weight excluding hydrogens is 286 g/mol. The van der Waals surface area contributed by atoms with Crippen molar-refractivity contribution in [1.82, 2.24) is 5.32 Å². The summed E-state index contributed by atoms with van der Waals surface area (Å²) < 4.78 is 29.0. The highest BCUT2D eigenvalue weighted by Crippen LogP contribution is 2.44. The summed E-state index contributed by atoms with van der Waals surface area (Å²) in [6.07, 6.45) is 7.12. The average Bonchev–Trinajstić information content (AvgIpc) is 3.05. The Labute approximate surface area is 128 Å². The third-order valence-corrected chi connectivity index (χ3v) is 7.13. The Balaban J connectivity index is 2.00. The molecule has 0 saturated heterocycles. The van der Waals surface area contributed by atoms with Crippen LogP contribution < -0.4 is 5.32 Å². The molecule has 1 heterocycles. The van der Waals surface area contributed by atoms with Crippen molar-refractivity contribution in [1.29, 1.82) is 0 Å². The molecule has 4 nitrogen and oxygen atoms in total. The zero-order chi connectivity index (χ0) is 15.5. The maximum Gasteiger partial charge on any atom is 0.156 e. The van der Waals surface area contributed by atoms with Crippen LogP contribution in [0, 0.1) is 5.92 Å². The van der Waals surface area contributed by atoms with Gasteiger partial charge in [0, 0.05) is 23.9 Å². The second kappa shape index (κ2) is 6.53. The second-order valence-corrected chi connectivity index (χ2v) is 9.22. The molecule has 0 aromatic carbocycles. The normalized spacial score (nSPS) is 18.9. The quantitative estimate of drug-likeness (QED) is 0.760. The van der Waals surface area contributed by atoms with E-state index in [1.54, 1.807) is 19.5 Å². The number of hydrogen-bond donors (Lipinski definition) is 1. The molecule has 0 bridgehead atoms. The van der Waals surface area contributed by atoms with E-state index in [1.807, 2.05) is 6.07 Å². The molecule has 1 unspecified atom stereocenters. The van der Waals surface area contributed by atoms with Gasteiger partial charge in [-0.25, -0.2) is 8.42 Å². The smallest absolute Gasteiger partial charge is 0.156 e. The van der Waals surface area contributed by atoms with E-state index in [1.165, 1.54) is 0 Å².